The van der Waals surface area contributed by atoms with E-state index in [0.29, 0.717) is 19.8 Å². The molecule has 2 aromatic rings. The van der Waals surface area contributed by atoms with Gasteiger partial charge in [-0.25, -0.2) is 4.31 Å². The summed E-state index contributed by atoms with van der Waals surface area (Å²) in [6.45, 7) is 12.6. The van der Waals surface area contributed by atoms with Gasteiger partial charge in [-0.3, -0.25) is 4.79 Å². The third-order valence-electron chi connectivity index (χ3n) is 7.79. The molecule has 1 fully saturated rings. The molecule has 4 rings (SSSR count). The third kappa shape index (κ3) is 12.5. The van der Waals surface area contributed by atoms with Crippen molar-refractivity contribution >= 4 is 24.3 Å². The fourth-order valence-corrected chi connectivity index (χ4v) is 5.40. The summed E-state index contributed by atoms with van der Waals surface area (Å²) in [7, 11) is 1.71. The minimum atomic E-state index is 0.0417. The molecule has 0 saturated carbocycles. The molecular formula is C33H51N3O5S. The van der Waals surface area contributed by atoms with Gasteiger partial charge in [0.1, 0.15) is 5.75 Å². The summed E-state index contributed by atoms with van der Waals surface area (Å²) in [6.07, 6.45) is 7.29. The van der Waals surface area contributed by atoms with Crippen molar-refractivity contribution in [2.24, 2.45) is 5.92 Å². The first-order valence-electron chi connectivity index (χ1n) is 15.3. The van der Waals surface area contributed by atoms with E-state index < -0.39 is 0 Å². The van der Waals surface area contributed by atoms with Crippen molar-refractivity contribution in [2.45, 2.75) is 78.0 Å². The molecule has 0 bridgehead atoms. The minimum absolute atomic E-state index is 0.0417. The lowest BCUT2D eigenvalue weighted by atomic mass is 9.92. The highest BCUT2D eigenvalue weighted by Crippen LogP contribution is 2.28. The van der Waals surface area contributed by atoms with Crippen molar-refractivity contribution < 1.29 is 23.6 Å². The molecule has 0 atom stereocenters. The van der Waals surface area contributed by atoms with E-state index in [2.05, 4.69) is 52.7 Å². The molecule has 8 nitrogen and oxygen atoms in total. The van der Waals surface area contributed by atoms with Crippen molar-refractivity contribution in [1.29, 1.82) is 0 Å². The number of nitrogens with zero attached hydrogens (tertiary/aromatic N) is 2. The maximum absolute atomic E-state index is 10.2. The van der Waals surface area contributed by atoms with Gasteiger partial charge in [0.05, 0.1) is 31.0 Å². The average molecular weight is 602 g/mol. The van der Waals surface area contributed by atoms with Crippen molar-refractivity contribution in [3.05, 3.63) is 59.2 Å². The Morgan fingerprint density at radius 1 is 1.02 bits per heavy atom. The zero-order valence-electron chi connectivity index (χ0n) is 26.0. The van der Waals surface area contributed by atoms with Crippen molar-refractivity contribution in [2.75, 3.05) is 51.4 Å². The first-order valence-corrected chi connectivity index (χ1v) is 16.0. The number of hydrogen-bond acceptors (Lipinski definition) is 8. The van der Waals surface area contributed by atoms with Gasteiger partial charge in [0.2, 0.25) is 6.41 Å². The fourth-order valence-electron chi connectivity index (χ4n) is 5.03. The number of methoxy groups -OCH3 is 1. The highest BCUT2D eigenvalue weighted by Gasteiger charge is 2.20. The average Bonchev–Trinajstić information content (AvgIpc) is 3.01. The van der Waals surface area contributed by atoms with Gasteiger partial charge in [0.15, 0.2) is 0 Å². The van der Waals surface area contributed by atoms with Crippen LogP contribution in [0, 0.1) is 5.92 Å². The molecule has 2 N–H and O–H groups in total. The third-order valence-corrected chi connectivity index (χ3v) is 8.33. The van der Waals surface area contributed by atoms with Gasteiger partial charge < -0.3 is 29.0 Å². The Morgan fingerprint density at radius 2 is 1.76 bits per heavy atom. The Labute approximate surface area is 257 Å². The van der Waals surface area contributed by atoms with Gasteiger partial charge >= 0.3 is 0 Å². The van der Waals surface area contributed by atoms with Gasteiger partial charge in [-0.15, -0.1) is 0 Å². The number of rotatable bonds is 14. The second kappa shape index (κ2) is 18.4. The number of hydrogen-bond donors (Lipinski definition) is 2. The van der Waals surface area contributed by atoms with E-state index in [0.717, 1.165) is 82.4 Å². The molecule has 0 aliphatic carbocycles. The van der Waals surface area contributed by atoms with E-state index in [4.69, 9.17) is 14.2 Å². The zero-order valence-corrected chi connectivity index (χ0v) is 26.8. The lowest BCUT2D eigenvalue weighted by molar-refractivity contribution is -0.109. The smallest absolute Gasteiger partial charge is 0.207 e. The molecule has 0 spiro atoms. The first-order chi connectivity index (χ1) is 20.3. The van der Waals surface area contributed by atoms with Gasteiger partial charge in [-0.05, 0) is 106 Å². The summed E-state index contributed by atoms with van der Waals surface area (Å²) in [6, 6.07) is 15.1. The largest absolute Gasteiger partial charge is 0.494 e. The SMILES string of the molecule is COC(C)(C)C.O=CNCCCOCc1ccc(N2CCC(CCCOc3ccc4c(c3)CCN(SO)C4)CC2)cc1. The summed E-state index contributed by atoms with van der Waals surface area (Å²) in [5.41, 5.74) is 5.14. The van der Waals surface area contributed by atoms with E-state index >= 15 is 0 Å². The van der Waals surface area contributed by atoms with Crippen LogP contribution in [0.2, 0.25) is 0 Å². The number of ether oxygens (including phenoxy) is 3. The fraction of sp³-hybridized carbons (Fsp3) is 0.606. The number of nitrogens with one attached hydrogen (secondary N) is 1. The highest BCUT2D eigenvalue weighted by atomic mass is 32.2. The predicted octanol–water partition coefficient (Wildman–Crippen LogP) is 6.33. The molecule has 2 aliphatic rings. The molecule has 0 unspecified atom stereocenters. The van der Waals surface area contributed by atoms with Gasteiger partial charge in [0.25, 0.3) is 0 Å². The number of benzene rings is 2. The minimum Gasteiger partial charge on any atom is -0.494 e. The molecule has 234 valence electrons. The molecule has 9 heteroatoms. The highest BCUT2D eigenvalue weighted by molar-refractivity contribution is 7.91. The number of piperidine rings is 1. The first kappa shape index (κ1) is 34.2. The number of anilines is 1. The van der Waals surface area contributed by atoms with Crippen molar-refractivity contribution in [3.63, 3.8) is 0 Å². The van der Waals surface area contributed by atoms with Crippen LogP contribution in [-0.2, 0) is 33.8 Å². The second-order valence-corrected chi connectivity index (χ2v) is 12.7. The Morgan fingerprint density at radius 3 is 2.43 bits per heavy atom. The van der Waals surface area contributed by atoms with E-state index in [1.165, 1.54) is 41.6 Å². The molecule has 2 aliphatic heterocycles. The molecule has 0 aromatic heterocycles. The van der Waals surface area contributed by atoms with E-state index in [9.17, 15) is 9.35 Å². The Bertz CT molecular complexity index is 1040. The number of carbonyl (C=O) groups is 1. The normalized spacial score (nSPS) is 15.9. The predicted molar refractivity (Wildman–Crippen MR) is 172 cm³/mol. The molecule has 2 aromatic carbocycles. The van der Waals surface area contributed by atoms with Gasteiger partial charge in [-0.1, -0.05) is 18.2 Å². The maximum atomic E-state index is 10.2. The summed E-state index contributed by atoms with van der Waals surface area (Å²) in [4.78, 5) is 12.7. The van der Waals surface area contributed by atoms with Crippen LogP contribution in [-0.4, -0.2) is 67.4 Å². The van der Waals surface area contributed by atoms with Crippen LogP contribution in [0.25, 0.3) is 0 Å². The molecule has 1 amide bonds. The van der Waals surface area contributed by atoms with Crippen LogP contribution in [0.5, 0.6) is 5.75 Å². The molecular weight excluding hydrogens is 550 g/mol. The number of carbonyl (C=O) groups excluding carboxylic acids is 1. The number of amides is 1. The number of fused-ring (bicyclic) bond motifs is 1. The van der Waals surface area contributed by atoms with Gasteiger partial charge in [0, 0.05) is 52.1 Å². The monoisotopic (exact) mass is 601 g/mol. The van der Waals surface area contributed by atoms with E-state index in [1.807, 2.05) is 25.1 Å². The summed E-state index contributed by atoms with van der Waals surface area (Å²) >= 11 is 0.833. The van der Waals surface area contributed by atoms with Gasteiger partial charge in [-0.2, -0.15) is 0 Å². The Hall–Kier alpha value is -2.30. The summed E-state index contributed by atoms with van der Waals surface area (Å²) in [5, 5.41) is 2.65. The molecule has 0 radical (unpaired) electrons. The standard InChI is InChI=1S/C28H39N3O4S.C5H12O/c32-22-29-13-2-17-34-21-24-4-7-27(8-5-24)30-14-10-23(11-15-30)3-1-18-35-28-9-6-26-20-31(36-33)16-12-25(26)19-28;1-5(2,3)6-4/h4-9,19,22-23,33H,1-3,10-18,20-21H2,(H,29,32);1-4H3. The van der Waals surface area contributed by atoms with Crippen LogP contribution in [0.15, 0.2) is 42.5 Å². The molecule has 42 heavy (non-hydrogen) atoms. The zero-order chi connectivity index (χ0) is 30.2. The van der Waals surface area contributed by atoms with Crippen LogP contribution < -0.4 is 15.0 Å². The Kier molecular flexibility index (Phi) is 15.0. The lowest BCUT2D eigenvalue weighted by Crippen LogP contribution is -2.33. The maximum Gasteiger partial charge on any atom is 0.207 e. The quantitative estimate of drug-likeness (QED) is 0.113. The second-order valence-electron chi connectivity index (χ2n) is 12.0. The summed E-state index contributed by atoms with van der Waals surface area (Å²) < 4.78 is 27.9. The molecule has 1 saturated heterocycles. The van der Waals surface area contributed by atoms with Crippen LogP contribution in [0.1, 0.15) is 69.6 Å². The van der Waals surface area contributed by atoms with E-state index in [-0.39, 0.29) is 5.60 Å². The van der Waals surface area contributed by atoms with Crippen LogP contribution >= 0.6 is 12.2 Å². The van der Waals surface area contributed by atoms with Crippen LogP contribution in [0.4, 0.5) is 5.69 Å². The van der Waals surface area contributed by atoms with Crippen molar-refractivity contribution in [1.82, 2.24) is 9.62 Å². The topological polar surface area (TPSA) is 83.5 Å². The van der Waals surface area contributed by atoms with E-state index in [1.54, 1.807) is 7.11 Å². The van der Waals surface area contributed by atoms with Crippen LogP contribution in [0.3, 0.4) is 0 Å². The van der Waals surface area contributed by atoms with Crippen molar-refractivity contribution in [3.8, 4) is 5.75 Å². The molecule has 2 heterocycles. The Balaban J connectivity index is 0.000000730. The lowest BCUT2D eigenvalue weighted by Gasteiger charge is -2.33. The summed E-state index contributed by atoms with van der Waals surface area (Å²) in [5.74, 6) is 1.74.